The molecule has 0 spiro atoms. The first-order chi connectivity index (χ1) is 9.85. The molecule has 0 atom stereocenters. The topological polar surface area (TPSA) is 13.1 Å². The summed E-state index contributed by atoms with van der Waals surface area (Å²) < 4.78 is 6.01. The molecular formula is C19H22O. The first kappa shape index (κ1) is 13.2. The Morgan fingerprint density at radius 3 is 2.50 bits per heavy atom. The summed E-state index contributed by atoms with van der Waals surface area (Å²) in [6.45, 7) is 4.51. The van der Waals surface area contributed by atoms with Crippen molar-refractivity contribution in [1.82, 2.24) is 0 Å². The summed E-state index contributed by atoms with van der Waals surface area (Å²) in [5, 5.41) is 2.62. The third-order valence-electron chi connectivity index (χ3n) is 4.05. The molecular weight excluding hydrogens is 244 g/mol. The van der Waals surface area contributed by atoms with Crippen molar-refractivity contribution in [2.45, 2.75) is 46.0 Å². The zero-order chi connectivity index (χ0) is 13.9. The Labute approximate surface area is 120 Å². The maximum absolute atomic E-state index is 6.01. The van der Waals surface area contributed by atoms with E-state index in [0.29, 0.717) is 0 Å². The number of hydrogen-bond acceptors (Lipinski definition) is 1. The molecule has 0 aliphatic rings. The van der Waals surface area contributed by atoms with Crippen LogP contribution < -0.4 is 0 Å². The molecule has 1 nitrogen and oxygen atoms in total. The lowest BCUT2D eigenvalue weighted by molar-refractivity contribution is 0.668. The van der Waals surface area contributed by atoms with E-state index in [9.17, 15) is 0 Å². The van der Waals surface area contributed by atoms with Gasteiger partial charge < -0.3 is 4.42 Å². The first-order valence-corrected chi connectivity index (χ1v) is 7.77. The number of fused-ring (bicyclic) bond motifs is 3. The molecule has 1 heterocycles. The number of furan rings is 1. The fourth-order valence-corrected chi connectivity index (χ4v) is 3.07. The van der Waals surface area contributed by atoms with Crippen LogP contribution in [0.5, 0.6) is 0 Å². The Bertz CT molecular complexity index is 721. The van der Waals surface area contributed by atoms with E-state index in [2.05, 4.69) is 44.2 Å². The fourth-order valence-electron chi connectivity index (χ4n) is 3.07. The minimum Gasteiger partial charge on any atom is -0.456 e. The molecule has 0 aliphatic carbocycles. The van der Waals surface area contributed by atoms with E-state index in [1.54, 1.807) is 0 Å². The summed E-state index contributed by atoms with van der Waals surface area (Å²) >= 11 is 0. The number of aryl methyl sites for hydroxylation is 2. The second-order valence-corrected chi connectivity index (χ2v) is 5.53. The van der Waals surface area contributed by atoms with Crippen LogP contribution in [0, 0.1) is 0 Å². The summed E-state index contributed by atoms with van der Waals surface area (Å²) in [4.78, 5) is 0. The second-order valence-electron chi connectivity index (χ2n) is 5.53. The predicted octanol–water partition coefficient (Wildman–Crippen LogP) is 5.88. The highest BCUT2D eigenvalue weighted by Gasteiger charge is 2.13. The molecule has 1 heteroatoms. The van der Waals surface area contributed by atoms with Crippen molar-refractivity contribution in [3.05, 3.63) is 47.5 Å². The lowest BCUT2D eigenvalue weighted by Crippen LogP contribution is -1.95. The van der Waals surface area contributed by atoms with Crippen LogP contribution in [0.2, 0.25) is 0 Å². The average molecular weight is 266 g/mol. The van der Waals surface area contributed by atoms with Crippen molar-refractivity contribution >= 4 is 21.9 Å². The van der Waals surface area contributed by atoms with E-state index in [-0.39, 0.29) is 0 Å². The number of rotatable bonds is 5. The van der Waals surface area contributed by atoms with Gasteiger partial charge in [0, 0.05) is 10.8 Å². The number of unbranched alkanes of at least 4 members (excludes halogenated alkanes) is 1. The van der Waals surface area contributed by atoms with E-state index in [0.717, 1.165) is 24.0 Å². The Morgan fingerprint density at radius 2 is 1.70 bits per heavy atom. The van der Waals surface area contributed by atoms with Crippen LogP contribution in [0.1, 0.15) is 44.2 Å². The summed E-state index contributed by atoms with van der Waals surface area (Å²) in [6.07, 6.45) is 5.99. The van der Waals surface area contributed by atoms with Gasteiger partial charge in [-0.25, -0.2) is 0 Å². The van der Waals surface area contributed by atoms with Gasteiger partial charge in [0.2, 0.25) is 0 Å². The van der Waals surface area contributed by atoms with Crippen LogP contribution in [-0.2, 0) is 12.8 Å². The zero-order valence-electron chi connectivity index (χ0n) is 12.4. The molecule has 1 aromatic heterocycles. The van der Waals surface area contributed by atoms with Crippen LogP contribution in [0.15, 0.2) is 40.8 Å². The molecule has 0 bridgehead atoms. The maximum Gasteiger partial charge on any atom is 0.135 e. The van der Waals surface area contributed by atoms with E-state index >= 15 is 0 Å². The van der Waals surface area contributed by atoms with Gasteiger partial charge in [-0.2, -0.15) is 0 Å². The van der Waals surface area contributed by atoms with E-state index in [1.165, 1.54) is 41.2 Å². The molecule has 0 aliphatic heterocycles. The third kappa shape index (κ3) is 2.22. The molecule has 20 heavy (non-hydrogen) atoms. The highest BCUT2D eigenvalue weighted by molar-refractivity contribution is 6.07. The van der Waals surface area contributed by atoms with Gasteiger partial charge in [-0.05, 0) is 42.5 Å². The van der Waals surface area contributed by atoms with Gasteiger partial charge in [-0.15, -0.1) is 0 Å². The van der Waals surface area contributed by atoms with Crippen molar-refractivity contribution in [3.8, 4) is 0 Å². The van der Waals surface area contributed by atoms with Crippen LogP contribution in [-0.4, -0.2) is 0 Å². The summed E-state index contributed by atoms with van der Waals surface area (Å²) in [6, 6.07) is 12.8. The molecule has 3 aromatic rings. The van der Waals surface area contributed by atoms with Crippen LogP contribution in [0.4, 0.5) is 0 Å². The van der Waals surface area contributed by atoms with Gasteiger partial charge in [-0.3, -0.25) is 0 Å². The standard InChI is InChI=1S/C19H22O/c1-3-5-9-15-14(8-4-2)12-13-18-19(15)16-10-6-7-11-17(16)20-18/h6-7,10-13H,3-5,8-9H2,1-2H3. The molecule has 0 N–H and O–H groups in total. The minimum absolute atomic E-state index is 1.01. The van der Waals surface area contributed by atoms with Gasteiger partial charge in [0.05, 0.1) is 0 Å². The van der Waals surface area contributed by atoms with Crippen LogP contribution in [0.3, 0.4) is 0 Å². The Hall–Kier alpha value is -1.76. The predicted molar refractivity (Wildman–Crippen MR) is 86.3 cm³/mol. The second kappa shape index (κ2) is 5.70. The molecule has 0 saturated heterocycles. The number of para-hydroxylation sites is 1. The smallest absolute Gasteiger partial charge is 0.135 e. The van der Waals surface area contributed by atoms with Gasteiger partial charge in [-0.1, -0.05) is 51.0 Å². The lowest BCUT2D eigenvalue weighted by atomic mass is 9.94. The molecule has 0 saturated carbocycles. The van der Waals surface area contributed by atoms with Crippen LogP contribution in [0.25, 0.3) is 21.9 Å². The molecule has 0 amide bonds. The van der Waals surface area contributed by atoms with E-state index < -0.39 is 0 Å². The first-order valence-electron chi connectivity index (χ1n) is 7.77. The third-order valence-corrected chi connectivity index (χ3v) is 4.05. The summed E-state index contributed by atoms with van der Waals surface area (Å²) in [5.41, 5.74) is 5.06. The quantitative estimate of drug-likeness (QED) is 0.562. The van der Waals surface area contributed by atoms with E-state index in [1.807, 2.05) is 6.07 Å². The summed E-state index contributed by atoms with van der Waals surface area (Å²) in [5.74, 6) is 0. The molecule has 0 unspecified atom stereocenters. The van der Waals surface area contributed by atoms with Gasteiger partial charge in [0.25, 0.3) is 0 Å². The fraction of sp³-hybridized carbons (Fsp3) is 0.368. The maximum atomic E-state index is 6.01. The van der Waals surface area contributed by atoms with E-state index in [4.69, 9.17) is 4.42 Å². The largest absolute Gasteiger partial charge is 0.456 e. The van der Waals surface area contributed by atoms with Crippen molar-refractivity contribution in [3.63, 3.8) is 0 Å². The number of hydrogen-bond donors (Lipinski definition) is 0. The van der Waals surface area contributed by atoms with Gasteiger partial charge in [0.1, 0.15) is 11.2 Å². The van der Waals surface area contributed by atoms with Gasteiger partial charge >= 0.3 is 0 Å². The molecule has 0 fully saturated rings. The van der Waals surface area contributed by atoms with Gasteiger partial charge in [0.15, 0.2) is 0 Å². The lowest BCUT2D eigenvalue weighted by Gasteiger charge is -2.10. The minimum atomic E-state index is 1.01. The molecule has 104 valence electrons. The van der Waals surface area contributed by atoms with Crippen molar-refractivity contribution in [1.29, 1.82) is 0 Å². The van der Waals surface area contributed by atoms with Crippen LogP contribution >= 0.6 is 0 Å². The Morgan fingerprint density at radius 1 is 0.850 bits per heavy atom. The average Bonchev–Trinajstić information content (AvgIpc) is 2.85. The monoisotopic (exact) mass is 266 g/mol. The normalized spacial score (nSPS) is 11.5. The SMILES string of the molecule is CCCCc1c(CCC)ccc2oc3ccccc3c12. The van der Waals surface area contributed by atoms with Crippen molar-refractivity contribution < 1.29 is 4.42 Å². The Balaban J connectivity index is 2.27. The zero-order valence-corrected chi connectivity index (χ0v) is 12.4. The Kier molecular flexibility index (Phi) is 3.77. The molecule has 0 radical (unpaired) electrons. The van der Waals surface area contributed by atoms with Crippen molar-refractivity contribution in [2.24, 2.45) is 0 Å². The van der Waals surface area contributed by atoms with Crippen molar-refractivity contribution in [2.75, 3.05) is 0 Å². The summed E-state index contributed by atoms with van der Waals surface area (Å²) in [7, 11) is 0. The highest BCUT2D eigenvalue weighted by atomic mass is 16.3. The number of benzene rings is 2. The molecule has 2 aromatic carbocycles. The molecule has 3 rings (SSSR count). The highest BCUT2D eigenvalue weighted by Crippen LogP contribution is 2.34.